The Kier molecular flexibility index (Phi) is 6.40. The number of ketones is 2. The van der Waals surface area contributed by atoms with E-state index in [4.69, 9.17) is 5.11 Å². The van der Waals surface area contributed by atoms with Gasteiger partial charge in [-0.15, -0.1) is 0 Å². The highest BCUT2D eigenvalue weighted by Crippen LogP contribution is 2.29. The summed E-state index contributed by atoms with van der Waals surface area (Å²) >= 11 is 0. The van der Waals surface area contributed by atoms with Crippen LogP contribution in [0, 0.1) is 0 Å². The number of aromatic hydroxyl groups is 1. The van der Waals surface area contributed by atoms with E-state index in [0.29, 0.717) is 31.2 Å². The number of fused-ring (bicyclic) bond motifs is 2. The Morgan fingerprint density at radius 1 is 0.774 bits per heavy atom. The number of hydrogen-bond donors (Lipinski definition) is 1. The van der Waals surface area contributed by atoms with Crippen molar-refractivity contribution in [1.29, 1.82) is 0 Å². The fraction of sp³-hybridized carbons (Fsp3) is 0.333. The molecule has 2 aliphatic rings. The van der Waals surface area contributed by atoms with Gasteiger partial charge in [0.25, 0.3) is 0 Å². The third-order valence-electron chi connectivity index (χ3n) is 4.98. The number of Topliss-reactive ketones (excluding diaryl/α,β-unsaturated/α-hetero) is 2. The van der Waals surface area contributed by atoms with Crippen LogP contribution in [0.25, 0.3) is 0 Å². The summed E-state index contributed by atoms with van der Waals surface area (Å²) in [5.41, 5.74) is -1.96. The van der Waals surface area contributed by atoms with Crippen molar-refractivity contribution in [1.82, 2.24) is 0 Å². The Bertz CT molecular complexity index is 1120. The first kappa shape index (κ1) is 22.8. The van der Waals surface area contributed by atoms with Crippen LogP contribution in [0.2, 0.25) is 0 Å². The third kappa shape index (κ3) is 5.63. The first-order valence-corrected chi connectivity index (χ1v) is 10.8. The number of carbonyl (C=O) groups excluding carboxylic acids is 2. The van der Waals surface area contributed by atoms with Crippen molar-refractivity contribution in [2.45, 2.75) is 44.0 Å². The van der Waals surface area contributed by atoms with Gasteiger partial charge in [-0.2, -0.15) is 21.6 Å². The van der Waals surface area contributed by atoms with Crippen molar-refractivity contribution in [3.63, 3.8) is 0 Å². The number of aryl methyl sites for hydroxylation is 2. The molecule has 4 rings (SSSR count). The fourth-order valence-corrected chi connectivity index (χ4v) is 3.86. The van der Waals surface area contributed by atoms with Crippen LogP contribution in [0.1, 0.15) is 35.1 Å². The maximum atomic E-state index is 12.2. The zero-order chi connectivity index (χ0) is 22.8. The van der Waals surface area contributed by atoms with Gasteiger partial charge >= 0.3 is 15.6 Å². The van der Waals surface area contributed by atoms with E-state index in [0.717, 1.165) is 29.7 Å². The number of phenols is 1. The summed E-state index contributed by atoms with van der Waals surface area (Å²) in [6.07, 6.45) is 2.93. The van der Waals surface area contributed by atoms with Gasteiger partial charge in [0.05, 0.1) is 0 Å². The maximum absolute atomic E-state index is 12.2. The molecule has 166 valence electrons. The van der Waals surface area contributed by atoms with Crippen LogP contribution >= 0.6 is 0 Å². The average Bonchev–Trinajstić information content (AvgIpc) is 2.66. The van der Waals surface area contributed by atoms with Gasteiger partial charge in [-0.3, -0.25) is 9.59 Å². The molecule has 10 heteroatoms. The molecule has 0 unspecified atom stereocenters. The number of rotatable bonds is 2. The van der Waals surface area contributed by atoms with Gasteiger partial charge < -0.3 is 9.29 Å². The predicted molar refractivity (Wildman–Crippen MR) is 104 cm³/mol. The highest BCUT2D eigenvalue weighted by atomic mass is 32.2. The molecule has 0 amide bonds. The predicted octanol–water partition coefficient (Wildman–Crippen LogP) is 3.42. The van der Waals surface area contributed by atoms with Crippen molar-refractivity contribution >= 4 is 21.7 Å². The summed E-state index contributed by atoms with van der Waals surface area (Å²) in [5.74, 6) is 0.0469. The molecule has 0 atom stereocenters. The molecule has 0 heterocycles. The quantitative estimate of drug-likeness (QED) is 0.549. The molecule has 0 saturated carbocycles. The van der Waals surface area contributed by atoms with Crippen molar-refractivity contribution in [2.75, 3.05) is 0 Å². The normalized spacial score (nSPS) is 16.0. The van der Waals surface area contributed by atoms with E-state index >= 15 is 0 Å². The van der Waals surface area contributed by atoms with Gasteiger partial charge in [0, 0.05) is 25.7 Å². The number of halogens is 3. The number of carbonyl (C=O) groups is 2. The van der Waals surface area contributed by atoms with Gasteiger partial charge in [-0.25, -0.2) is 0 Å². The van der Waals surface area contributed by atoms with Crippen LogP contribution in [-0.4, -0.2) is 30.6 Å². The molecule has 31 heavy (non-hydrogen) atoms. The SMILES string of the molecule is O=C1CCc2ccc(O)cc2C1.O=C1CCc2ccc(OS(=O)(=O)C(F)(F)F)cc2C1. The molecular weight excluding hydrogens is 437 g/mol. The number of phenolic OH excluding ortho intramolecular Hbond substituents is 1. The molecule has 0 bridgehead atoms. The maximum Gasteiger partial charge on any atom is 0.534 e. The van der Waals surface area contributed by atoms with Gasteiger partial charge in [0.2, 0.25) is 0 Å². The lowest BCUT2D eigenvalue weighted by Gasteiger charge is -2.16. The lowest BCUT2D eigenvalue weighted by atomic mass is 9.91. The Balaban J connectivity index is 0.000000194. The minimum Gasteiger partial charge on any atom is -0.508 e. The van der Waals surface area contributed by atoms with Crippen molar-refractivity contribution in [3.05, 3.63) is 58.7 Å². The topological polar surface area (TPSA) is 97.7 Å². The van der Waals surface area contributed by atoms with E-state index in [2.05, 4.69) is 4.18 Å². The zero-order valence-electron chi connectivity index (χ0n) is 16.2. The molecule has 2 aromatic carbocycles. The van der Waals surface area contributed by atoms with Crippen LogP contribution < -0.4 is 4.18 Å². The second kappa shape index (κ2) is 8.70. The van der Waals surface area contributed by atoms with Crippen LogP contribution in [0.3, 0.4) is 0 Å². The van der Waals surface area contributed by atoms with Crippen LogP contribution in [0.15, 0.2) is 36.4 Å². The monoisotopic (exact) mass is 456 g/mol. The van der Waals surface area contributed by atoms with E-state index in [1.807, 2.05) is 6.07 Å². The molecule has 0 aromatic heterocycles. The highest BCUT2D eigenvalue weighted by molar-refractivity contribution is 7.88. The summed E-state index contributed by atoms with van der Waals surface area (Å²) in [6.45, 7) is 0. The molecular formula is C21H19F3O6S. The lowest BCUT2D eigenvalue weighted by molar-refractivity contribution is -0.119. The van der Waals surface area contributed by atoms with Crippen molar-refractivity contribution in [3.8, 4) is 11.5 Å². The van der Waals surface area contributed by atoms with Gasteiger partial charge in [0.1, 0.15) is 23.1 Å². The minimum absolute atomic E-state index is 0.0386. The molecule has 6 nitrogen and oxygen atoms in total. The molecule has 0 saturated heterocycles. The first-order valence-electron chi connectivity index (χ1n) is 9.41. The number of alkyl halides is 3. The molecule has 2 aromatic rings. The van der Waals surface area contributed by atoms with Crippen molar-refractivity contribution < 1.29 is 40.5 Å². The summed E-state index contributed by atoms with van der Waals surface area (Å²) in [5, 5.41) is 9.16. The Hall–Kier alpha value is -2.88. The molecule has 2 aliphatic carbocycles. The van der Waals surface area contributed by atoms with E-state index in [1.165, 1.54) is 11.6 Å². The van der Waals surface area contributed by atoms with E-state index < -0.39 is 21.4 Å². The zero-order valence-corrected chi connectivity index (χ0v) is 17.1. The standard InChI is InChI=1S/C11H9F3O4S.C10H10O2/c12-11(13,14)19(16,17)18-10-4-2-7-1-3-9(15)5-8(7)6-10;11-9-3-1-7-2-4-10(12)6-8(7)5-9/h2,4,6H,1,3,5H2;1,3,5,11H,2,4,6H2. The van der Waals surface area contributed by atoms with Crippen LogP contribution in [0.5, 0.6) is 11.5 Å². The van der Waals surface area contributed by atoms with E-state index in [-0.39, 0.29) is 23.7 Å². The summed E-state index contributed by atoms with van der Waals surface area (Å²) in [6, 6.07) is 9.05. The Morgan fingerprint density at radius 3 is 1.84 bits per heavy atom. The van der Waals surface area contributed by atoms with Gasteiger partial charge in [0.15, 0.2) is 0 Å². The van der Waals surface area contributed by atoms with Crippen LogP contribution in [0.4, 0.5) is 13.2 Å². The number of benzene rings is 2. The molecule has 1 N–H and O–H groups in total. The smallest absolute Gasteiger partial charge is 0.508 e. The lowest BCUT2D eigenvalue weighted by Crippen LogP contribution is -2.28. The second-order valence-corrected chi connectivity index (χ2v) is 8.84. The summed E-state index contributed by atoms with van der Waals surface area (Å²) < 4.78 is 62.1. The molecule has 0 aliphatic heterocycles. The van der Waals surface area contributed by atoms with Crippen molar-refractivity contribution in [2.24, 2.45) is 0 Å². The fourth-order valence-electron chi connectivity index (χ4n) is 3.41. The second-order valence-electron chi connectivity index (χ2n) is 7.30. The third-order valence-corrected chi connectivity index (χ3v) is 5.96. The highest BCUT2D eigenvalue weighted by Gasteiger charge is 2.48. The number of hydrogen-bond acceptors (Lipinski definition) is 6. The van der Waals surface area contributed by atoms with E-state index in [1.54, 1.807) is 12.1 Å². The largest absolute Gasteiger partial charge is 0.534 e. The summed E-state index contributed by atoms with van der Waals surface area (Å²) in [7, 11) is -5.68. The minimum atomic E-state index is -5.68. The van der Waals surface area contributed by atoms with E-state index in [9.17, 15) is 31.2 Å². The molecule has 0 fully saturated rings. The van der Waals surface area contributed by atoms with Gasteiger partial charge in [-0.05, 0) is 59.4 Å². The summed E-state index contributed by atoms with van der Waals surface area (Å²) in [4.78, 5) is 22.3. The Morgan fingerprint density at radius 2 is 1.29 bits per heavy atom. The molecule has 0 radical (unpaired) electrons. The first-order chi connectivity index (χ1) is 14.4. The molecule has 0 spiro atoms. The Labute approximate surface area is 176 Å². The van der Waals surface area contributed by atoms with Gasteiger partial charge in [-0.1, -0.05) is 12.1 Å². The average molecular weight is 456 g/mol. The van der Waals surface area contributed by atoms with Crippen LogP contribution in [-0.2, 0) is 45.4 Å².